The Balaban J connectivity index is 3.05. The number of allylic oxidation sites excluding steroid dienone is 1. The molecular weight excluding hydrogens is 263 g/mol. The van der Waals surface area contributed by atoms with E-state index in [-0.39, 0.29) is 5.78 Å². The van der Waals surface area contributed by atoms with E-state index < -0.39 is 0 Å². The Labute approximate surface area is 85.6 Å². The molecule has 1 nitrogen and oxygen atoms in total. The third-order valence-electron chi connectivity index (χ3n) is 1.57. The van der Waals surface area contributed by atoms with E-state index in [0.717, 1.165) is 11.1 Å². The van der Waals surface area contributed by atoms with Gasteiger partial charge in [-0.1, -0.05) is 52.9 Å². The number of halogens is 1. The molecule has 0 bridgehead atoms. The van der Waals surface area contributed by atoms with Gasteiger partial charge in [0.1, 0.15) is 0 Å². The van der Waals surface area contributed by atoms with Crippen molar-refractivity contribution in [1.29, 1.82) is 0 Å². The molecule has 0 fully saturated rings. The summed E-state index contributed by atoms with van der Waals surface area (Å²) in [5, 5.41) is 0. The lowest BCUT2D eigenvalue weighted by Gasteiger charge is -2.00. The van der Waals surface area contributed by atoms with E-state index in [0.29, 0.717) is 0 Å². The Hall–Kier alpha value is -0.640. The first-order chi connectivity index (χ1) is 5.75. The fourth-order valence-electron chi connectivity index (χ4n) is 0.961. The lowest BCUT2D eigenvalue weighted by atomic mass is 10.1. The number of carbonyl (C=O) groups excluding carboxylic acids is 1. The van der Waals surface area contributed by atoms with E-state index in [1.54, 1.807) is 6.92 Å². The number of rotatable bonds is 2. The predicted molar refractivity (Wildman–Crippen MR) is 59.1 cm³/mol. The van der Waals surface area contributed by atoms with E-state index in [9.17, 15) is 4.79 Å². The predicted octanol–water partition coefficient (Wildman–Crippen LogP) is 3.05. The third kappa shape index (κ3) is 2.17. The monoisotopic (exact) mass is 272 g/mol. The Morgan fingerprint density at radius 1 is 1.33 bits per heavy atom. The molecule has 2 heteroatoms. The standard InChI is InChI=1S/C10H9IO/c1-8(12)10(7-11)9-5-3-2-4-6-9/h2-7H,1H3. The quantitative estimate of drug-likeness (QED) is 0.597. The third-order valence-corrected chi connectivity index (χ3v) is 2.20. The van der Waals surface area contributed by atoms with Crippen LogP contribution in [0.15, 0.2) is 34.4 Å². The van der Waals surface area contributed by atoms with Gasteiger partial charge in [0.25, 0.3) is 0 Å². The van der Waals surface area contributed by atoms with Crippen LogP contribution >= 0.6 is 22.6 Å². The summed E-state index contributed by atoms with van der Waals surface area (Å²) in [6, 6.07) is 9.67. The largest absolute Gasteiger partial charge is 0.294 e. The molecular formula is C10H9IO. The summed E-state index contributed by atoms with van der Waals surface area (Å²) in [5.74, 6) is 0.107. The summed E-state index contributed by atoms with van der Waals surface area (Å²) in [7, 11) is 0. The summed E-state index contributed by atoms with van der Waals surface area (Å²) >= 11 is 2.09. The number of carbonyl (C=O) groups is 1. The Bertz CT molecular complexity index is 301. The van der Waals surface area contributed by atoms with Crippen LogP contribution in [0.3, 0.4) is 0 Å². The van der Waals surface area contributed by atoms with E-state index in [2.05, 4.69) is 22.6 Å². The molecule has 0 aromatic heterocycles. The summed E-state index contributed by atoms with van der Waals surface area (Å²) in [5.41, 5.74) is 1.76. The van der Waals surface area contributed by atoms with Gasteiger partial charge in [0.2, 0.25) is 0 Å². The second kappa shape index (κ2) is 4.40. The minimum absolute atomic E-state index is 0.107. The van der Waals surface area contributed by atoms with Crippen molar-refractivity contribution in [2.75, 3.05) is 0 Å². The average molecular weight is 272 g/mol. The van der Waals surface area contributed by atoms with Gasteiger partial charge in [0, 0.05) is 5.57 Å². The maximum absolute atomic E-state index is 11.1. The molecule has 0 saturated heterocycles. The van der Waals surface area contributed by atoms with Crippen molar-refractivity contribution in [2.45, 2.75) is 6.92 Å². The first-order valence-corrected chi connectivity index (χ1v) is 4.87. The molecule has 1 aromatic carbocycles. The average Bonchev–Trinajstić information content (AvgIpc) is 2.07. The van der Waals surface area contributed by atoms with Crippen molar-refractivity contribution in [2.24, 2.45) is 0 Å². The maximum Gasteiger partial charge on any atom is 0.160 e. The van der Waals surface area contributed by atoms with Gasteiger partial charge in [-0.2, -0.15) is 0 Å². The topological polar surface area (TPSA) is 17.1 Å². The molecule has 0 aliphatic heterocycles. The second-order valence-electron chi connectivity index (χ2n) is 2.44. The smallest absolute Gasteiger partial charge is 0.160 e. The maximum atomic E-state index is 11.1. The Morgan fingerprint density at radius 2 is 1.92 bits per heavy atom. The summed E-state index contributed by atoms with van der Waals surface area (Å²) in [4.78, 5) is 11.1. The molecule has 12 heavy (non-hydrogen) atoms. The lowest BCUT2D eigenvalue weighted by molar-refractivity contribution is -0.111. The fraction of sp³-hybridized carbons (Fsp3) is 0.100. The number of ketones is 1. The van der Waals surface area contributed by atoms with Crippen LogP contribution in [0.2, 0.25) is 0 Å². The molecule has 0 saturated carbocycles. The van der Waals surface area contributed by atoms with Gasteiger partial charge in [0.05, 0.1) is 0 Å². The van der Waals surface area contributed by atoms with Crippen LogP contribution in [-0.2, 0) is 4.79 Å². The summed E-state index contributed by atoms with van der Waals surface area (Å²) < 4.78 is 1.81. The van der Waals surface area contributed by atoms with Gasteiger partial charge >= 0.3 is 0 Å². The molecule has 0 aliphatic rings. The van der Waals surface area contributed by atoms with Crippen LogP contribution in [-0.4, -0.2) is 5.78 Å². The van der Waals surface area contributed by atoms with Gasteiger partial charge in [-0.15, -0.1) is 0 Å². The minimum atomic E-state index is 0.107. The fourth-order valence-corrected chi connectivity index (χ4v) is 1.76. The first kappa shape index (κ1) is 9.45. The number of hydrogen-bond donors (Lipinski definition) is 0. The van der Waals surface area contributed by atoms with Gasteiger partial charge in [-0.25, -0.2) is 0 Å². The van der Waals surface area contributed by atoms with Gasteiger partial charge in [-0.3, -0.25) is 4.79 Å². The van der Waals surface area contributed by atoms with Gasteiger partial charge < -0.3 is 0 Å². The summed E-state index contributed by atoms with van der Waals surface area (Å²) in [6.45, 7) is 1.58. The molecule has 0 amide bonds. The SMILES string of the molecule is CC(=O)C(=CI)c1ccccc1. The molecule has 0 N–H and O–H groups in total. The highest BCUT2D eigenvalue weighted by molar-refractivity contribution is 14.1. The van der Waals surface area contributed by atoms with Crippen LogP contribution in [0.4, 0.5) is 0 Å². The van der Waals surface area contributed by atoms with Crippen LogP contribution < -0.4 is 0 Å². The minimum Gasteiger partial charge on any atom is -0.294 e. The highest BCUT2D eigenvalue weighted by Crippen LogP contribution is 2.16. The van der Waals surface area contributed by atoms with E-state index in [1.807, 2.05) is 34.4 Å². The van der Waals surface area contributed by atoms with Crippen molar-refractivity contribution in [3.8, 4) is 0 Å². The van der Waals surface area contributed by atoms with Crippen molar-refractivity contribution in [3.63, 3.8) is 0 Å². The number of benzene rings is 1. The molecule has 1 aromatic rings. The van der Waals surface area contributed by atoms with E-state index in [1.165, 1.54) is 0 Å². The van der Waals surface area contributed by atoms with Crippen molar-refractivity contribution in [3.05, 3.63) is 40.0 Å². The second-order valence-corrected chi connectivity index (χ2v) is 3.07. The molecule has 0 radical (unpaired) electrons. The van der Waals surface area contributed by atoms with Crippen LogP contribution in [0.25, 0.3) is 5.57 Å². The van der Waals surface area contributed by atoms with Crippen molar-refractivity contribution in [1.82, 2.24) is 0 Å². The van der Waals surface area contributed by atoms with E-state index >= 15 is 0 Å². The molecule has 62 valence electrons. The van der Waals surface area contributed by atoms with Crippen LogP contribution in [0.5, 0.6) is 0 Å². The molecule has 0 heterocycles. The molecule has 0 spiro atoms. The van der Waals surface area contributed by atoms with Crippen LogP contribution in [0.1, 0.15) is 12.5 Å². The zero-order valence-corrected chi connectivity index (χ0v) is 8.91. The first-order valence-electron chi connectivity index (χ1n) is 3.62. The summed E-state index contributed by atoms with van der Waals surface area (Å²) in [6.07, 6.45) is 0. The zero-order valence-electron chi connectivity index (χ0n) is 6.75. The number of Topliss-reactive ketones (excluding diaryl/α,β-unsaturated/α-hetero) is 1. The van der Waals surface area contributed by atoms with E-state index in [4.69, 9.17) is 0 Å². The molecule has 0 atom stereocenters. The molecule has 0 unspecified atom stereocenters. The Kier molecular flexibility index (Phi) is 3.47. The number of hydrogen-bond acceptors (Lipinski definition) is 1. The molecule has 0 aliphatic carbocycles. The Morgan fingerprint density at radius 3 is 2.33 bits per heavy atom. The van der Waals surface area contributed by atoms with Gasteiger partial charge in [-0.05, 0) is 16.6 Å². The van der Waals surface area contributed by atoms with Crippen molar-refractivity contribution < 1.29 is 4.79 Å². The van der Waals surface area contributed by atoms with Crippen LogP contribution in [0, 0.1) is 0 Å². The lowest BCUT2D eigenvalue weighted by Crippen LogP contribution is -1.93. The normalized spacial score (nSPS) is 11.3. The van der Waals surface area contributed by atoms with Crippen molar-refractivity contribution >= 4 is 33.9 Å². The highest BCUT2D eigenvalue weighted by Gasteiger charge is 2.04. The highest BCUT2D eigenvalue weighted by atomic mass is 127. The molecule has 1 rings (SSSR count). The van der Waals surface area contributed by atoms with Gasteiger partial charge in [0.15, 0.2) is 5.78 Å². The zero-order chi connectivity index (χ0) is 8.97.